The molecule has 0 fully saturated rings. The van der Waals surface area contributed by atoms with Gasteiger partial charge in [0.1, 0.15) is 0 Å². The fourth-order valence-electron chi connectivity index (χ4n) is 3.24. The molecule has 0 aliphatic rings. The van der Waals surface area contributed by atoms with Gasteiger partial charge in [0.25, 0.3) is 5.91 Å². The third kappa shape index (κ3) is 2.44. The number of hydrogen-bond donors (Lipinski definition) is 2. The van der Waals surface area contributed by atoms with Gasteiger partial charge in [-0.3, -0.25) is 4.79 Å². The summed E-state index contributed by atoms with van der Waals surface area (Å²) in [5.74, 6) is -0.0621. The predicted molar refractivity (Wildman–Crippen MR) is 98.1 cm³/mol. The molecule has 24 heavy (non-hydrogen) atoms. The average Bonchev–Trinajstić information content (AvgIpc) is 3.05. The number of benzene rings is 3. The smallest absolute Gasteiger partial charge is 0.253 e. The van der Waals surface area contributed by atoms with Crippen LogP contribution in [0.25, 0.3) is 21.7 Å². The van der Waals surface area contributed by atoms with Crippen LogP contribution in [0.15, 0.2) is 72.9 Å². The van der Waals surface area contributed by atoms with Crippen LogP contribution in [0.2, 0.25) is 0 Å². The van der Waals surface area contributed by atoms with Gasteiger partial charge in [-0.15, -0.1) is 0 Å². The van der Waals surface area contributed by atoms with Crippen molar-refractivity contribution in [2.75, 3.05) is 0 Å². The van der Waals surface area contributed by atoms with Gasteiger partial charge in [-0.2, -0.15) is 0 Å². The van der Waals surface area contributed by atoms with Gasteiger partial charge in [0, 0.05) is 17.1 Å². The van der Waals surface area contributed by atoms with Crippen molar-refractivity contribution in [3.8, 4) is 0 Å². The van der Waals surface area contributed by atoms with Crippen LogP contribution in [0.3, 0.4) is 0 Å². The lowest BCUT2D eigenvalue weighted by Gasteiger charge is -2.16. The highest BCUT2D eigenvalue weighted by Gasteiger charge is 2.16. The lowest BCUT2D eigenvalue weighted by atomic mass is 9.99. The third-order valence-corrected chi connectivity index (χ3v) is 4.47. The first-order chi connectivity index (χ1) is 11.7. The summed E-state index contributed by atoms with van der Waals surface area (Å²) in [4.78, 5) is 15.9. The maximum Gasteiger partial charge on any atom is 0.253 e. The predicted octanol–water partition coefficient (Wildman–Crippen LogP) is 4.81. The van der Waals surface area contributed by atoms with Crippen LogP contribution in [0, 0.1) is 0 Å². The van der Waals surface area contributed by atoms with Gasteiger partial charge in [-0.05, 0) is 29.3 Å². The summed E-state index contributed by atoms with van der Waals surface area (Å²) in [6.07, 6.45) is 1.77. The first kappa shape index (κ1) is 14.5. The van der Waals surface area contributed by atoms with Gasteiger partial charge in [0.05, 0.1) is 11.6 Å². The second-order valence-electron chi connectivity index (χ2n) is 6.01. The van der Waals surface area contributed by atoms with Gasteiger partial charge < -0.3 is 10.3 Å². The first-order valence-corrected chi connectivity index (χ1v) is 8.08. The molecule has 0 saturated carbocycles. The van der Waals surface area contributed by atoms with E-state index in [1.165, 1.54) is 10.8 Å². The molecule has 1 heterocycles. The number of fused-ring (bicyclic) bond motifs is 2. The quantitative estimate of drug-likeness (QED) is 0.560. The number of rotatable bonds is 3. The van der Waals surface area contributed by atoms with Gasteiger partial charge >= 0.3 is 0 Å². The molecule has 0 saturated heterocycles. The molecule has 1 atom stereocenters. The van der Waals surface area contributed by atoms with Crippen molar-refractivity contribution < 1.29 is 4.79 Å². The Bertz CT molecular complexity index is 1030. The topological polar surface area (TPSA) is 44.9 Å². The SMILES string of the molecule is CC(NC(=O)c1c[nH]c2ccccc12)c1cccc2ccccc12. The van der Waals surface area contributed by atoms with Crippen LogP contribution in [0.5, 0.6) is 0 Å². The molecule has 1 unspecified atom stereocenters. The van der Waals surface area contributed by atoms with E-state index in [-0.39, 0.29) is 11.9 Å². The van der Waals surface area contributed by atoms with E-state index >= 15 is 0 Å². The molecule has 0 radical (unpaired) electrons. The van der Waals surface area contributed by atoms with Crippen molar-refractivity contribution in [3.63, 3.8) is 0 Å². The van der Waals surface area contributed by atoms with Crippen LogP contribution in [-0.4, -0.2) is 10.9 Å². The molecule has 118 valence electrons. The number of H-pyrrole nitrogens is 1. The Labute approximate surface area is 140 Å². The molecule has 1 amide bonds. The van der Waals surface area contributed by atoms with Gasteiger partial charge in [0.2, 0.25) is 0 Å². The van der Waals surface area contributed by atoms with Crippen LogP contribution in [0.4, 0.5) is 0 Å². The summed E-state index contributed by atoms with van der Waals surface area (Å²) < 4.78 is 0. The van der Waals surface area contributed by atoms with Crippen molar-refractivity contribution >= 4 is 27.6 Å². The fraction of sp³-hybridized carbons (Fsp3) is 0.0952. The molecular weight excluding hydrogens is 296 g/mol. The van der Waals surface area contributed by atoms with Crippen LogP contribution in [0.1, 0.15) is 28.9 Å². The van der Waals surface area contributed by atoms with E-state index < -0.39 is 0 Å². The summed E-state index contributed by atoms with van der Waals surface area (Å²) >= 11 is 0. The van der Waals surface area contributed by atoms with Crippen molar-refractivity contribution in [3.05, 3.63) is 84.1 Å². The number of amides is 1. The second kappa shape index (κ2) is 5.85. The molecule has 0 spiro atoms. The molecule has 0 aliphatic carbocycles. The minimum Gasteiger partial charge on any atom is -0.360 e. The summed E-state index contributed by atoms with van der Waals surface area (Å²) in [7, 11) is 0. The summed E-state index contributed by atoms with van der Waals surface area (Å²) in [5, 5.41) is 6.42. The lowest BCUT2D eigenvalue weighted by Crippen LogP contribution is -2.26. The number of aromatic amines is 1. The van der Waals surface area contributed by atoms with Gasteiger partial charge in [-0.25, -0.2) is 0 Å². The molecule has 4 aromatic rings. The van der Waals surface area contributed by atoms with Crippen molar-refractivity contribution in [1.29, 1.82) is 0 Å². The van der Waals surface area contributed by atoms with Crippen molar-refractivity contribution in [2.45, 2.75) is 13.0 Å². The van der Waals surface area contributed by atoms with E-state index in [4.69, 9.17) is 0 Å². The lowest BCUT2D eigenvalue weighted by molar-refractivity contribution is 0.0942. The number of nitrogens with one attached hydrogen (secondary N) is 2. The van der Waals surface area contributed by atoms with E-state index in [1.54, 1.807) is 6.20 Å². The Morgan fingerprint density at radius 1 is 0.917 bits per heavy atom. The Morgan fingerprint density at radius 3 is 2.50 bits per heavy atom. The molecule has 3 aromatic carbocycles. The van der Waals surface area contributed by atoms with E-state index in [0.717, 1.165) is 16.5 Å². The number of carbonyl (C=O) groups is 1. The summed E-state index contributed by atoms with van der Waals surface area (Å²) in [6.45, 7) is 2.02. The maximum absolute atomic E-state index is 12.7. The van der Waals surface area contributed by atoms with Gasteiger partial charge in [-0.1, -0.05) is 60.7 Å². The van der Waals surface area contributed by atoms with E-state index in [2.05, 4.69) is 34.6 Å². The Kier molecular flexibility index (Phi) is 3.54. The molecule has 0 aliphatic heterocycles. The monoisotopic (exact) mass is 314 g/mol. The normalized spacial score (nSPS) is 12.4. The minimum absolute atomic E-state index is 0.0621. The first-order valence-electron chi connectivity index (χ1n) is 8.08. The highest BCUT2D eigenvalue weighted by Crippen LogP contribution is 2.25. The zero-order chi connectivity index (χ0) is 16.5. The highest BCUT2D eigenvalue weighted by molar-refractivity contribution is 6.07. The average molecular weight is 314 g/mol. The standard InChI is InChI=1S/C21H18N2O/c1-14(16-11-6-8-15-7-2-3-9-17(15)16)23-21(24)19-13-22-20-12-5-4-10-18(19)20/h2-14,22H,1H3,(H,23,24). The molecule has 2 N–H and O–H groups in total. The zero-order valence-corrected chi connectivity index (χ0v) is 13.4. The summed E-state index contributed by atoms with van der Waals surface area (Å²) in [6, 6.07) is 22.2. The Morgan fingerprint density at radius 2 is 1.62 bits per heavy atom. The molecule has 4 rings (SSSR count). The van der Waals surface area contributed by atoms with Gasteiger partial charge in [0.15, 0.2) is 0 Å². The van der Waals surface area contributed by atoms with Crippen LogP contribution < -0.4 is 5.32 Å². The Hall–Kier alpha value is -3.07. The van der Waals surface area contributed by atoms with Crippen molar-refractivity contribution in [1.82, 2.24) is 10.3 Å². The van der Waals surface area contributed by atoms with E-state index in [1.807, 2.05) is 49.4 Å². The maximum atomic E-state index is 12.7. The Balaban J connectivity index is 1.66. The van der Waals surface area contributed by atoms with E-state index in [0.29, 0.717) is 5.56 Å². The molecule has 3 nitrogen and oxygen atoms in total. The van der Waals surface area contributed by atoms with Crippen LogP contribution >= 0.6 is 0 Å². The number of hydrogen-bond acceptors (Lipinski definition) is 1. The molecule has 3 heteroatoms. The van der Waals surface area contributed by atoms with Crippen molar-refractivity contribution in [2.24, 2.45) is 0 Å². The number of para-hydroxylation sites is 1. The largest absolute Gasteiger partial charge is 0.360 e. The van der Waals surface area contributed by atoms with E-state index in [9.17, 15) is 4.79 Å². The molecular formula is C21H18N2O. The summed E-state index contributed by atoms with van der Waals surface area (Å²) in [5.41, 5.74) is 2.78. The highest BCUT2D eigenvalue weighted by atomic mass is 16.1. The molecule has 0 bridgehead atoms. The number of aromatic nitrogens is 1. The zero-order valence-electron chi connectivity index (χ0n) is 13.4. The third-order valence-electron chi connectivity index (χ3n) is 4.47. The second-order valence-corrected chi connectivity index (χ2v) is 6.01. The number of carbonyl (C=O) groups excluding carboxylic acids is 1. The fourth-order valence-corrected chi connectivity index (χ4v) is 3.24. The minimum atomic E-state index is -0.0720. The van der Waals surface area contributed by atoms with Crippen LogP contribution in [-0.2, 0) is 0 Å². The molecule has 1 aromatic heterocycles.